The van der Waals surface area contributed by atoms with Gasteiger partial charge in [-0.2, -0.15) is 0 Å². The lowest BCUT2D eigenvalue weighted by atomic mass is 10.1. The molecule has 1 aromatic carbocycles. The van der Waals surface area contributed by atoms with E-state index in [-0.39, 0.29) is 6.10 Å². The van der Waals surface area contributed by atoms with Gasteiger partial charge in [-0.25, -0.2) is 0 Å². The summed E-state index contributed by atoms with van der Waals surface area (Å²) in [4.78, 5) is 0. The molecule has 0 amide bonds. The number of benzene rings is 1. The van der Waals surface area contributed by atoms with Crippen molar-refractivity contribution < 1.29 is 4.74 Å². The summed E-state index contributed by atoms with van der Waals surface area (Å²) in [5, 5.41) is 0. The molecule has 12 heavy (non-hydrogen) atoms. The van der Waals surface area contributed by atoms with Crippen LogP contribution >= 0.6 is 22.6 Å². The van der Waals surface area contributed by atoms with E-state index in [1.165, 1.54) is 5.56 Å². The summed E-state index contributed by atoms with van der Waals surface area (Å²) in [6, 6.07) is 10.3. The Morgan fingerprint density at radius 3 is 2.50 bits per heavy atom. The minimum absolute atomic E-state index is 0.261. The fourth-order valence-electron chi connectivity index (χ4n) is 1.10. The highest BCUT2D eigenvalue weighted by molar-refractivity contribution is 14.1. The average molecular weight is 276 g/mol. The van der Waals surface area contributed by atoms with Gasteiger partial charge in [0.25, 0.3) is 0 Å². The van der Waals surface area contributed by atoms with Crippen molar-refractivity contribution in [2.45, 2.75) is 13.0 Å². The lowest BCUT2D eigenvalue weighted by Gasteiger charge is -2.13. The first-order valence-corrected chi connectivity index (χ1v) is 5.63. The standard InChI is InChI=1S/C10H13IO/c1-2-12-10(8-11)9-6-4-3-5-7-9/h3-7,10H,2,8H2,1H3. The van der Waals surface area contributed by atoms with Crippen LogP contribution < -0.4 is 0 Å². The number of ether oxygens (including phenoxy) is 1. The summed E-state index contributed by atoms with van der Waals surface area (Å²) >= 11 is 2.35. The molecule has 1 rings (SSSR count). The zero-order valence-electron chi connectivity index (χ0n) is 7.16. The van der Waals surface area contributed by atoms with Gasteiger partial charge in [-0.15, -0.1) is 0 Å². The first kappa shape index (κ1) is 9.99. The monoisotopic (exact) mass is 276 g/mol. The summed E-state index contributed by atoms with van der Waals surface area (Å²) in [6.45, 7) is 2.81. The molecule has 0 spiro atoms. The molecule has 0 saturated carbocycles. The van der Waals surface area contributed by atoms with Gasteiger partial charge in [-0.3, -0.25) is 0 Å². The Labute approximate surface area is 87.3 Å². The van der Waals surface area contributed by atoms with Crippen LogP contribution in [0.15, 0.2) is 30.3 Å². The molecule has 0 aromatic heterocycles. The van der Waals surface area contributed by atoms with Gasteiger partial charge in [0.05, 0.1) is 6.10 Å². The van der Waals surface area contributed by atoms with Gasteiger partial charge in [0.2, 0.25) is 0 Å². The van der Waals surface area contributed by atoms with Gasteiger partial charge in [0.1, 0.15) is 0 Å². The minimum Gasteiger partial charge on any atom is -0.373 e. The maximum absolute atomic E-state index is 5.57. The molecule has 0 bridgehead atoms. The minimum atomic E-state index is 0.261. The van der Waals surface area contributed by atoms with E-state index >= 15 is 0 Å². The second-order valence-electron chi connectivity index (χ2n) is 2.51. The van der Waals surface area contributed by atoms with Crippen molar-refractivity contribution in [3.63, 3.8) is 0 Å². The first-order chi connectivity index (χ1) is 5.88. The lowest BCUT2D eigenvalue weighted by molar-refractivity contribution is 0.0819. The van der Waals surface area contributed by atoms with E-state index in [0.717, 1.165) is 11.0 Å². The molecule has 1 atom stereocenters. The van der Waals surface area contributed by atoms with Crippen LogP contribution in [0, 0.1) is 0 Å². The topological polar surface area (TPSA) is 9.23 Å². The van der Waals surface area contributed by atoms with Crippen LogP contribution in [0.4, 0.5) is 0 Å². The average Bonchev–Trinajstić information content (AvgIpc) is 2.15. The highest BCUT2D eigenvalue weighted by atomic mass is 127. The summed E-state index contributed by atoms with van der Waals surface area (Å²) in [5.74, 6) is 0. The van der Waals surface area contributed by atoms with Gasteiger partial charge < -0.3 is 4.74 Å². The molecule has 0 aliphatic carbocycles. The van der Waals surface area contributed by atoms with Crippen molar-refractivity contribution >= 4 is 22.6 Å². The number of halogens is 1. The van der Waals surface area contributed by atoms with Gasteiger partial charge in [0, 0.05) is 11.0 Å². The number of hydrogen-bond acceptors (Lipinski definition) is 1. The van der Waals surface area contributed by atoms with Gasteiger partial charge >= 0.3 is 0 Å². The van der Waals surface area contributed by atoms with Gasteiger partial charge in [-0.05, 0) is 12.5 Å². The van der Waals surface area contributed by atoms with Crippen LogP contribution in [0.5, 0.6) is 0 Å². The first-order valence-electron chi connectivity index (χ1n) is 4.11. The third kappa shape index (κ3) is 2.75. The Balaban J connectivity index is 2.66. The molecule has 2 heteroatoms. The quantitative estimate of drug-likeness (QED) is 0.606. The van der Waals surface area contributed by atoms with E-state index in [9.17, 15) is 0 Å². The van der Waals surface area contributed by atoms with Crippen molar-refractivity contribution in [1.82, 2.24) is 0 Å². The zero-order chi connectivity index (χ0) is 8.81. The van der Waals surface area contributed by atoms with Crippen LogP contribution in [0.1, 0.15) is 18.6 Å². The normalized spacial score (nSPS) is 12.8. The van der Waals surface area contributed by atoms with E-state index in [1.807, 2.05) is 25.1 Å². The Kier molecular flexibility index (Phi) is 4.61. The van der Waals surface area contributed by atoms with E-state index in [0.29, 0.717) is 0 Å². The molecule has 1 nitrogen and oxygen atoms in total. The van der Waals surface area contributed by atoms with Crippen LogP contribution in [0.2, 0.25) is 0 Å². The summed E-state index contributed by atoms with van der Waals surface area (Å²) in [5.41, 5.74) is 1.27. The number of alkyl halides is 1. The predicted octanol–water partition coefficient (Wildman–Crippen LogP) is 3.20. The second-order valence-corrected chi connectivity index (χ2v) is 3.39. The maximum Gasteiger partial charge on any atom is 0.0914 e. The second kappa shape index (κ2) is 5.54. The molecule has 0 N–H and O–H groups in total. The van der Waals surface area contributed by atoms with Crippen molar-refractivity contribution in [3.8, 4) is 0 Å². The van der Waals surface area contributed by atoms with Crippen LogP contribution in [-0.4, -0.2) is 11.0 Å². The molecular formula is C10H13IO. The largest absolute Gasteiger partial charge is 0.373 e. The molecular weight excluding hydrogens is 263 g/mol. The Hall–Kier alpha value is -0.0900. The van der Waals surface area contributed by atoms with E-state index in [1.54, 1.807) is 0 Å². The molecule has 0 fully saturated rings. The molecule has 66 valence electrons. The molecule has 0 heterocycles. The smallest absolute Gasteiger partial charge is 0.0914 e. The molecule has 0 saturated heterocycles. The van der Waals surface area contributed by atoms with Gasteiger partial charge in [0.15, 0.2) is 0 Å². The highest BCUT2D eigenvalue weighted by Gasteiger charge is 2.07. The van der Waals surface area contributed by atoms with Crippen LogP contribution in [-0.2, 0) is 4.74 Å². The Morgan fingerprint density at radius 1 is 1.33 bits per heavy atom. The Morgan fingerprint density at radius 2 is 2.00 bits per heavy atom. The summed E-state index contributed by atoms with van der Waals surface area (Å²) in [7, 11) is 0. The van der Waals surface area contributed by atoms with E-state index in [2.05, 4.69) is 34.7 Å². The molecule has 1 unspecified atom stereocenters. The molecule has 0 radical (unpaired) electrons. The summed E-state index contributed by atoms with van der Waals surface area (Å²) in [6.07, 6.45) is 0.261. The fourth-order valence-corrected chi connectivity index (χ4v) is 1.86. The number of rotatable bonds is 4. The number of hydrogen-bond donors (Lipinski definition) is 0. The van der Waals surface area contributed by atoms with E-state index < -0.39 is 0 Å². The van der Waals surface area contributed by atoms with Crippen molar-refractivity contribution in [1.29, 1.82) is 0 Å². The lowest BCUT2D eigenvalue weighted by Crippen LogP contribution is -2.04. The molecule has 0 aliphatic rings. The third-order valence-electron chi connectivity index (χ3n) is 1.68. The van der Waals surface area contributed by atoms with Crippen molar-refractivity contribution in [2.24, 2.45) is 0 Å². The third-order valence-corrected chi connectivity index (χ3v) is 2.48. The molecule has 1 aromatic rings. The SMILES string of the molecule is CCOC(CI)c1ccccc1. The zero-order valence-corrected chi connectivity index (χ0v) is 9.32. The van der Waals surface area contributed by atoms with Crippen molar-refractivity contribution in [3.05, 3.63) is 35.9 Å². The maximum atomic E-state index is 5.57. The fraction of sp³-hybridized carbons (Fsp3) is 0.400. The summed E-state index contributed by atoms with van der Waals surface area (Å²) < 4.78 is 6.58. The van der Waals surface area contributed by atoms with Crippen LogP contribution in [0.25, 0.3) is 0 Å². The Bertz CT molecular complexity index is 210. The van der Waals surface area contributed by atoms with Gasteiger partial charge in [-0.1, -0.05) is 52.9 Å². The molecule has 0 aliphatic heterocycles. The predicted molar refractivity (Wildman–Crippen MR) is 59.7 cm³/mol. The van der Waals surface area contributed by atoms with Crippen LogP contribution in [0.3, 0.4) is 0 Å². The highest BCUT2D eigenvalue weighted by Crippen LogP contribution is 2.18. The van der Waals surface area contributed by atoms with Crippen molar-refractivity contribution in [2.75, 3.05) is 11.0 Å². The van der Waals surface area contributed by atoms with E-state index in [4.69, 9.17) is 4.74 Å².